The second-order valence-electron chi connectivity index (χ2n) is 9.55. The molecule has 1 N–H and O–H groups in total. The van der Waals surface area contributed by atoms with Crippen LogP contribution in [-0.2, 0) is 14.8 Å². The zero-order valence-corrected chi connectivity index (χ0v) is 22.9. The smallest absolute Gasteiger partial charge is 0.249 e. The molecule has 0 aromatic heterocycles. The Bertz CT molecular complexity index is 1350. The van der Waals surface area contributed by atoms with Gasteiger partial charge in [-0.3, -0.25) is 9.69 Å². The van der Waals surface area contributed by atoms with E-state index in [1.807, 2.05) is 72.8 Å². The van der Waals surface area contributed by atoms with Gasteiger partial charge in [-0.15, -0.1) is 11.8 Å². The first-order chi connectivity index (χ1) is 18.5. The van der Waals surface area contributed by atoms with Crippen LogP contribution >= 0.6 is 11.8 Å². The molecule has 1 fully saturated rings. The third-order valence-electron chi connectivity index (χ3n) is 7.04. The lowest BCUT2D eigenvalue weighted by atomic mass is 10.0. The predicted molar refractivity (Wildman–Crippen MR) is 154 cm³/mol. The average molecular weight is 548 g/mol. The van der Waals surface area contributed by atoms with Gasteiger partial charge >= 0.3 is 0 Å². The number of nitrogens with zero attached hydrogens (tertiary/aromatic N) is 2. The standard InChI is InChI=1S/C30H33N3O3S2/c34-29(31-28(26-12-6-2-7-13-26)18-21-32-19-8-3-9-20-32)30-33(22-23-37-30)38(35,36)27-16-14-25(15-17-27)24-10-4-1-5-11-24/h1-8,10-17,28,30H,9,18-23H2,(H,31,34). The van der Waals surface area contributed by atoms with Crippen molar-refractivity contribution in [3.63, 3.8) is 0 Å². The SMILES string of the molecule is O=C(NC(CCN1CC=CCC1)c1ccccc1)C1SCCN1S(=O)(=O)c1ccc(-c2ccccc2)cc1. The van der Waals surface area contributed by atoms with Crippen LogP contribution in [0.2, 0.25) is 0 Å². The van der Waals surface area contributed by atoms with Gasteiger partial charge in [-0.1, -0.05) is 84.9 Å². The first-order valence-electron chi connectivity index (χ1n) is 13.0. The topological polar surface area (TPSA) is 69.7 Å². The Labute approximate surface area is 229 Å². The van der Waals surface area contributed by atoms with Crippen molar-refractivity contribution < 1.29 is 13.2 Å². The van der Waals surface area contributed by atoms with Crippen LogP contribution in [0, 0.1) is 0 Å². The summed E-state index contributed by atoms with van der Waals surface area (Å²) in [4.78, 5) is 16.1. The minimum absolute atomic E-state index is 0.189. The number of hydrogen-bond acceptors (Lipinski definition) is 5. The van der Waals surface area contributed by atoms with E-state index < -0.39 is 15.4 Å². The number of carbonyl (C=O) groups excluding carboxylic acids is 1. The first-order valence-corrected chi connectivity index (χ1v) is 15.5. The van der Waals surface area contributed by atoms with Gasteiger partial charge in [0, 0.05) is 31.9 Å². The highest BCUT2D eigenvalue weighted by molar-refractivity contribution is 8.02. The van der Waals surface area contributed by atoms with Gasteiger partial charge in [0.25, 0.3) is 0 Å². The van der Waals surface area contributed by atoms with E-state index in [2.05, 4.69) is 22.4 Å². The summed E-state index contributed by atoms with van der Waals surface area (Å²) in [6.07, 6.45) is 6.19. The zero-order chi connectivity index (χ0) is 26.4. The summed E-state index contributed by atoms with van der Waals surface area (Å²) >= 11 is 1.38. The summed E-state index contributed by atoms with van der Waals surface area (Å²) in [5, 5.41) is 2.39. The molecule has 0 saturated carbocycles. The van der Waals surface area contributed by atoms with Gasteiger partial charge in [-0.2, -0.15) is 4.31 Å². The molecule has 2 aliphatic rings. The largest absolute Gasteiger partial charge is 0.347 e. The van der Waals surface area contributed by atoms with Gasteiger partial charge in [0.15, 0.2) is 0 Å². The molecule has 3 aromatic rings. The molecule has 1 amide bonds. The average Bonchev–Trinajstić information content (AvgIpc) is 3.48. The highest BCUT2D eigenvalue weighted by Crippen LogP contribution is 2.32. The molecule has 1 saturated heterocycles. The van der Waals surface area contributed by atoms with Crippen molar-refractivity contribution in [3.05, 3.63) is 103 Å². The summed E-state index contributed by atoms with van der Waals surface area (Å²) in [7, 11) is -3.83. The Hall–Kier alpha value is -2.91. The lowest BCUT2D eigenvalue weighted by Crippen LogP contribution is -2.46. The van der Waals surface area contributed by atoms with E-state index in [1.54, 1.807) is 12.1 Å². The maximum absolute atomic E-state index is 13.6. The minimum atomic E-state index is -3.83. The molecule has 2 heterocycles. The van der Waals surface area contributed by atoms with E-state index in [9.17, 15) is 13.2 Å². The normalized spacial score (nSPS) is 19.3. The number of benzene rings is 3. The van der Waals surface area contributed by atoms with Gasteiger partial charge in [-0.25, -0.2) is 8.42 Å². The maximum Gasteiger partial charge on any atom is 0.249 e. The Morgan fingerprint density at radius 3 is 2.26 bits per heavy atom. The number of hydrogen-bond donors (Lipinski definition) is 1. The van der Waals surface area contributed by atoms with E-state index >= 15 is 0 Å². The molecule has 2 aliphatic heterocycles. The van der Waals surface area contributed by atoms with Crippen LogP contribution in [0.25, 0.3) is 11.1 Å². The highest BCUT2D eigenvalue weighted by atomic mass is 32.2. The molecule has 2 atom stereocenters. The van der Waals surface area contributed by atoms with Crippen LogP contribution in [0.3, 0.4) is 0 Å². The third kappa shape index (κ3) is 6.21. The number of amides is 1. The van der Waals surface area contributed by atoms with E-state index in [4.69, 9.17) is 0 Å². The molecule has 6 nitrogen and oxygen atoms in total. The van der Waals surface area contributed by atoms with E-state index in [0.717, 1.165) is 49.2 Å². The second kappa shape index (κ2) is 12.3. The Kier molecular flexibility index (Phi) is 8.64. The molecule has 198 valence electrons. The van der Waals surface area contributed by atoms with Crippen LogP contribution in [0.1, 0.15) is 24.4 Å². The molecular weight excluding hydrogens is 514 g/mol. The minimum Gasteiger partial charge on any atom is -0.347 e. The van der Waals surface area contributed by atoms with Crippen molar-refractivity contribution in [3.8, 4) is 11.1 Å². The van der Waals surface area contributed by atoms with Crippen molar-refractivity contribution in [2.45, 2.75) is 29.2 Å². The summed E-state index contributed by atoms with van der Waals surface area (Å²) in [5.74, 6) is 0.319. The number of carbonyl (C=O) groups is 1. The number of rotatable bonds is 9. The molecule has 2 unspecified atom stereocenters. The third-order valence-corrected chi connectivity index (χ3v) is 10.3. The van der Waals surface area contributed by atoms with Crippen LogP contribution in [0.15, 0.2) is 102 Å². The summed E-state index contributed by atoms with van der Waals surface area (Å²) < 4.78 is 28.6. The molecule has 0 bridgehead atoms. The molecular formula is C30H33N3O3S2. The van der Waals surface area contributed by atoms with Crippen molar-refractivity contribution in [1.29, 1.82) is 0 Å². The second-order valence-corrected chi connectivity index (χ2v) is 12.6. The number of nitrogens with one attached hydrogen (secondary N) is 1. The van der Waals surface area contributed by atoms with Crippen LogP contribution in [-0.4, -0.2) is 60.8 Å². The van der Waals surface area contributed by atoms with E-state index in [0.29, 0.717) is 12.3 Å². The van der Waals surface area contributed by atoms with Crippen molar-refractivity contribution in [1.82, 2.24) is 14.5 Å². The molecule has 0 spiro atoms. The fourth-order valence-electron chi connectivity index (χ4n) is 4.95. The van der Waals surface area contributed by atoms with Crippen LogP contribution in [0.4, 0.5) is 0 Å². The number of sulfonamides is 1. The van der Waals surface area contributed by atoms with Gasteiger partial charge in [0.1, 0.15) is 5.37 Å². The van der Waals surface area contributed by atoms with Crippen LogP contribution in [0.5, 0.6) is 0 Å². The predicted octanol–water partition coefficient (Wildman–Crippen LogP) is 4.93. The summed E-state index contributed by atoms with van der Waals surface area (Å²) in [6, 6.07) is 26.5. The maximum atomic E-state index is 13.6. The van der Waals surface area contributed by atoms with Gasteiger partial charge < -0.3 is 5.32 Å². The Morgan fingerprint density at radius 2 is 1.58 bits per heavy atom. The lowest BCUT2D eigenvalue weighted by molar-refractivity contribution is -0.123. The molecule has 3 aromatic carbocycles. The molecule has 5 rings (SSSR count). The van der Waals surface area contributed by atoms with Crippen molar-refractivity contribution in [2.24, 2.45) is 0 Å². The molecule has 8 heteroatoms. The Balaban J connectivity index is 1.30. The monoisotopic (exact) mass is 547 g/mol. The highest BCUT2D eigenvalue weighted by Gasteiger charge is 2.40. The number of thioether (sulfide) groups is 1. The molecule has 0 aliphatic carbocycles. The van der Waals surface area contributed by atoms with Gasteiger partial charge in [-0.05, 0) is 41.7 Å². The van der Waals surface area contributed by atoms with Crippen LogP contribution < -0.4 is 5.32 Å². The van der Waals surface area contributed by atoms with Crippen molar-refractivity contribution in [2.75, 3.05) is 31.9 Å². The fraction of sp³-hybridized carbons (Fsp3) is 0.300. The van der Waals surface area contributed by atoms with E-state index in [1.165, 1.54) is 16.1 Å². The Morgan fingerprint density at radius 1 is 0.895 bits per heavy atom. The fourth-order valence-corrected chi connectivity index (χ4v) is 8.03. The molecule has 0 radical (unpaired) electrons. The zero-order valence-electron chi connectivity index (χ0n) is 21.3. The van der Waals surface area contributed by atoms with Gasteiger partial charge in [0.2, 0.25) is 15.9 Å². The van der Waals surface area contributed by atoms with E-state index in [-0.39, 0.29) is 16.8 Å². The van der Waals surface area contributed by atoms with Crippen molar-refractivity contribution >= 4 is 27.7 Å². The first kappa shape index (κ1) is 26.7. The summed E-state index contributed by atoms with van der Waals surface area (Å²) in [6.45, 7) is 3.10. The molecule has 38 heavy (non-hydrogen) atoms. The van der Waals surface area contributed by atoms with Gasteiger partial charge in [0.05, 0.1) is 10.9 Å². The summed E-state index contributed by atoms with van der Waals surface area (Å²) in [5.41, 5.74) is 3.00. The quantitative estimate of drug-likeness (QED) is 0.385. The lowest BCUT2D eigenvalue weighted by Gasteiger charge is -2.28.